The Hall–Kier alpha value is -1.99. The zero-order chi connectivity index (χ0) is 22.2. The van der Waals surface area contributed by atoms with E-state index >= 15 is 0 Å². The minimum absolute atomic E-state index is 0.0487. The number of nitrogens with one attached hydrogen (secondary N) is 2. The van der Waals surface area contributed by atoms with Gasteiger partial charge in [-0.25, -0.2) is 0 Å². The molecule has 0 aromatic heterocycles. The standard InChI is InChI=1S/C24H39N3O4/c1-25-22(27-18-24(30-4)12-14-31-15-13-24)26-17-23(10-6-5-7-11-23)19-8-9-20(28-2)21(16-19)29-3/h8-9,16H,5-7,10-15,17-18H2,1-4H3,(H2,25,26,27). The van der Waals surface area contributed by atoms with Crippen LogP contribution in [0.15, 0.2) is 23.2 Å². The predicted octanol–water partition coefficient (Wildman–Crippen LogP) is 3.27. The lowest BCUT2D eigenvalue weighted by atomic mass is 9.69. The number of aliphatic imine (C=N–C) groups is 1. The Bertz CT molecular complexity index is 726. The van der Waals surface area contributed by atoms with Crippen molar-refractivity contribution in [3.8, 4) is 11.5 Å². The van der Waals surface area contributed by atoms with E-state index in [0.717, 1.165) is 69.4 Å². The van der Waals surface area contributed by atoms with Gasteiger partial charge in [0.1, 0.15) is 0 Å². The van der Waals surface area contributed by atoms with E-state index in [2.05, 4.69) is 27.8 Å². The third-order valence-corrected chi connectivity index (χ3v) is 7.04. The van der Waals surface area contributed by atoms with E-state index in [-0.39, 0.29) is 11.0 Å². The van der Waals surface area contributed by atoms with Crippen LogP contribution in [0.4, 0.5) is 0 Å². The van der Waals surface area contributed by atoms with Gasteiger partial charge in [0.25, 0.3) is 0 Å². The van der Waals surface area contributed by atoms with Crippen molar-refractivity contribution in [1.29, 1.82) is 0 Å². The van der Waals surface area contributed by atoms with E-state index in [1.165, 1.54) is 24.8 Å². The number of ether oxygens (including phenoxy) is 4. The number of guanidine groups is 1. The lowest BCUT2D eigenvalue weighted by Crippen LogP contribution is -2.52. The Morgan fingerprint density at radius 2 is 1.61 bits per heavy atom. The van der Waals surface area contributed by atoms with Crippen molar-refractivity contribution in [2.45, 2.75) is 56.0 Å². The van der Waals surface area contributed by atoms with Gasteiger partial charge in [-0.1, -0.05) is 25.3 Å². The first kappa shape index (κ1) is 23.7. The van der Waals surface area contributed by atoms with E-state index in [1.54, 1.807) is 21.3 Å². The summed E-state index contributed by atoms with van der Waals surface area (Å²) in [4.78, 5) is 4.47. The van der Waals surface area contributed by atoms with Crippen molar-refractivity contribution < 1.29 is 18.9 Å². The molecule has 174 valence electrons. The molecule has 0 spiro atoms. The summed E-state index contributed by atoms with van der Waals surface area (Å²) in [6.45, 7) is 3.02. The molecular formula is C24H39N3O4. The number of nitrogens with zero attached hydrogens (tertiary/aromatic N) is 1. The van der Waals surface area contributed by atoms with Gasteiger partial charge in [-0.2, -0.15) is 0 Å². The molecule has 2 fully saturated rings. The Kier molecular flexibility index (Phi) is 8.43. The Morgan fingerprint density at radius 1 is 0.935 bits per heavy atom. The maximum Gasteiger partial charge on any atom is 0.191 e. The number of methoxy groups -OCH3 is 3. The van der Waals surface area contributed by atoms with Crippen LogP contribution < -0.4 is 20.1 Å². The smallest absolute Gasteiger partial charge is 0.191 e. The second-order valence-electron chi connectivity index (χ2n) is 8.69. The summed E-state index contributed by atoms with van der Waals surface area (Å²) < 4.78 is 22.4. The van der Waals surface area contributed by atoms with Gasteiger partial charge in [-0.05, 0) is 30.5 Å². The van der Waals surface area contributed by atoms with Crippen molar-refractivity contribution in [2.24, 2.45) is 4.99 Å². The number of hydrogen-bond acceptors (Lipinski definition) is 5. The van der Waals surface area contributed by atoms with Gasteiger partial charge in [0.05, 0.1) is 19.8 Å². The predicted molar refractivity (Wildman–Crippen MR) is 123 cm³/mol. The molecule has 1 aliphatic heterocycles. The second-order valence-corrected chi connectivity index (χ2v) is 8.69. The maximum atomic E-state index is 5.85. The molecule has 1 aliphatic carbocycles. The van der Waals surface area contributed by atoms with Gasteiger partial charge >= 0.3 is 0 Å². The average molecular weight is 434 g/mol. The SMILES string of the molecule is CN=C(NCC1(OC)CCOCC1)NCC1(c2ccc(OC)c(OC)c2)CCCCC1. The molecule has 1 aromatic carbocycles. The molecule has 1 saturated carbocycles. The number of hydrogen-bond donors (Lipinski definition) is 2. The molecule has 3 rings (SSSR count). The highest BCUT2D eigenvalue weighted by atomic mass is 16.5. The van der Waals surface area contributed by atoms with Crippen LogP contribution in [0.5, 0.6) is 11.5 Å². The van der Waals surface area contributed by atoms with Crippen LogP contribution >= 0.6 is 0 Å². The zero-order valence-corrected chi connectivity index (χ0v) is 19.6. The molecule has 0 unspecified atom stereocenters. The lowest BCUT2D eigenvalue weighted by molar-refractivity contribution is -0.0855. The van der Waals surface area contributed by atoms with Crippen LogP contribution in [0.25, 0.3) is 0 Å². The molecule has 2 aliphatic rings. The molecular weight excluding hydrogens is 394 g/mol. The second kappa shape index (κ2) is 11.0. The molecule has 2 N–H and O–H groups in total. The molecule has 0 radical (unpaired) electrons. The highest BCUT2D eigenvalue weighted by molar-refractivity contribution is 5.79. The summed E-state index contributed by atoms with van der Waals surface area (Å²) in [5.41, 5.74) is 1.15. The van der Waals surface area contributed by atoms with Gasteiger partial charge in [0, 0.05) is 58.7 Å². The first-order valence-electron chi connectivity index (χ1n) is 11.4. The molecule has 1 saturated heterocycles. The van der Waals surface area contributed by atoms with E-state index in [0.29, 0.717) is 0 Å². The van der Waals surface area contributed by atoms with E-state index in [4.69, 9.17) is 18.9 Å². The zero-order valence-electron chi connectivity index (χ0n) is 19.6. The quantitative estimate of drug-likeness (QED) is 0.484. The summed E-state index contributed by atoms with van der Waals surface area (Å²) in [7, 11) is 6.98. The van der Waals surface area contributed by atoms with Gasteiger partial charge in [0.15, 0.2) is 17.5 Å². The topological polar surface area (TPSA) is 73.3 Å². The molecule has 0 bridgehead atoms. The summed E-state index contributed by atoms with van der Waals surface area (Å²) >= 11 is 0. The average Bonchev–Trinajstić information content (AvgIpc) is 2.84. The molecule has 1 heterocycles. The van der Waals surface area contributed by atoms with Crippen molar-refractivity contribution in [3.63, 3.8) is 0 Å². The highest BCUT2D eigenvalue weighted by Crippen LogP contribution is 2.42. The minimum Gasteiger partial charge on any atom is -0.493 e. The van der Waals surface area contributed by atoms with Gasteiger partial charge < -0.3 is 29.6 Å². The summed E-state index contributed by atoms with van der Waals surface area (Å²) in [5.74, 6) is 2.37. The van der Waals surface area contributed by atoms with Gasteiger partial charge in [-0.15, -0.1) is 0 Å². The van der Waals surface area contributed by atoms with Crippen LogP contribution in [-0.2, 0) is 14.9 Å². The third-order valence-electron chi connectivity index (χ3n) is 7.04. The monoisotopic (exact) mass is 433 g/mol. The molecule has 7 nitrogen and oxygen atoms in total. The highest BCUT2D eigenvalue weighted by Gasteiger charge is 2.36. The first-order valence-corrected chi connectivity index (χ1v) is 11.4. The van der Waals surface area contributed by atoms with Crippen LogP contribution in [0.2, 0.25) is 0 Å². The third kappa shape index (κ3) is 5.63. The molecule has 7 heteroatoms. The Morgan fingerprint density at radius 3 is 2.23 bits per heavy atom. The van der Waals surface area contributed by atoms with Crippen molar-refractivity contribution in [3.05, 3.63) is 23.8 Å². The molecule has 1 aromatic rings. The Balaban J connectivity index is 1.70. The summed E-state index contributed by atoms with van der Waals surface area (Å²) in [6, 6.07) is 6.35. The van der Waals surface area contributed by atoms with Crippen LogP contribution in [0, 0.1) is 0 Å². The minimum atomic E-state index is -0.193. The Labute approximate surface area is 186 Å². The molecule has 0 atom stereocenters. The normalized spacial score (nSPS) is 20.7. The van der Waals surface area contributed by atoms with Gasteiger partial charge in [-0.3, -0.25) is 4.99 Å². The summed E-state index contributed by atoms with van der Waals surface area (Å²) in [6.07, 6.45) is 7.83. The largest absolute Gasteiger partial charge is 0.493 e. The van der Waals surface area contributed by atoms with E-state index in [9.17, 15) is 0 Å². The van der Waals surface area contributed by atoms with Gasteiger partial charge in [0.2, 0.25) is 0 Å². The van der Waals surface area contributed by atoms with Crippen molar-refractivity contribution in [1.82, 2.24) is 10.6 Å². The van der Waals surface area contributed by atoms with Crippen LogP contribution in [-0.4, -0.2) is 66.2 Å². The van der Waals surface area contributed by atoms with Crippen LogP contribution in [0.1, 0.15) is 50.5 Å². The molecule has 0 amide bonds. The molecule has 31 heavy (non-hydrogen) atoms. The van der Waals surface area contributed by atoms with Crippen molar-refractivity contribution >= 4 is 5.96 Å². The number of rotatable bonds is 8. The first-order chi connectivity index (χ1) is 15.1. The van der Waals surface area contributed by atoms with Crippen molar-refractivity contribution in [2.75, 3.05) is 54.7 Å². The lowest BCUT2D eigenvalue weighted by Gasteiger charge is -2.39. The fraction of sp³-hybridized carbons (Fsp3) is 0.708. The number of benzene rings is 1. The fourth-order valence-electron chi connectivity index (χ4n) is 4.88. The maximum absolute atomic E-state index is 5.85. The fourth-order valence-corrected chi connectivity index (χ4v) is 4.88. The van der Waals surface area contributed by atoms with Crippen LogP contribution in [0.3, 0.4) is 0 Å². The van der Waals surface area contributed by atoms with E-state index in [1.807, 2.05) is 13.1 Å². The van der Waals surface area contributed by atoms with E-state index < -0.39 is 0 Å². The summed E-state index contributed by atoms with van der Waals surface area (Å²) in [5, 5.41) is 7.10.